The van der Waals surface area contributed by atoms with E-state index in [1.54, 1.807) is 43.0 Å². The first-order valence-corrected chi connectivity index (χ1v) is 14.8. The first kappa shape index (κ1) is 30.3. The number of aromatic amines is 1. The minimum Gasteiger partial charge on any atom is -0.507 e. The van der Waals surface area contributed by atoms with Crippen molar-refractivity contribution in [2.24, 2.45) is 7.05 Å². The van der Waals surface area contributed by atoms with Gasteiger partial charge >= 0.3 is 5.97 Å². The summed E-state index contributed by atoms with van der Waals surface area (Å²) < 4.78 is 23.4. The fraction of sp³-hybridized carbons (Fsp3) is 0.189. The van der Waals surface area contributed by atoms with Gasteiger partial charge in [-0.3, -0.25) is 4.79 Å². The van der Waals surface area contributed by atoms with E-state index in [-0.39, 0.29) is 29.0 Å². The topological polar surface area (TPSA) is 112 Å². The summed E-state index contributed by atoms with van der Waals surface area (Å²) in [6, 6.07) is 27.4. The molecule has 2 aromatic heterocycles. The SMILES string of the molecule is COc1ccc(C(c2[nH]c3ccccc3c2CCOC(=O)c2ccc(OC)cc2OC)c2c(O)c3ccccc3n(C)c2=O)cc1. The van der Waals surface area contributed by atoms with Crippen LogP contribution in [0.15, 0.2) is 95.8 Å². The van der Waals surface area contributed by atoms with E-state index in [0.29, 0.717) is 40.3 Å². The molecular weight excluding hydrogens is 584 g/mol. The number of nitrogens with zero attached hydrogens (tertiary/aromatic N) is 1. The number of carbonyl (C=O) groups excluding carboxylic acids is 1. The number of benzene rings is 4. The molecule has 0 fully saturated rings. The summed E-state index contributed by atoms with van der Waals surface area (Å²) in [7, 11) is 6.32. The first-order valence-electron chi connectivity index (χ1n) is 14.8. The largest absolute Gasteiger partial charge is 0.507 e. The van der Waals surface area contributed by atoms with Crippen molar-refractivity contribution in [3.8, 4) is 23.0 Å². The van der Waals surface area contributed by atoms with Crippen LogP contribution in [0.2, 0.25) is 0 Å². The summed E-state index contributed by atoms with van der Waals surface area (Å²) in [5.74, 6) is 0.268. The minimum atomic E-state index is -0.686. The Balaban J connectivity index is 1.47. The van der Waals surface area contributed by atoms with Gasteiger partial charge < -0.3 is 33.6 Å². The predicted octanol–water partition coefficient (Wildman–Crippen LogP) is 6.33. The fourth-order valence-electron chi connectivity index (χ4n) is 6.06. The van der Waals surface area contributed by atoms with E-state index in [0.717, 1.165) is 22.0 Å². The number of H-pyrrole nitrogens is 1. The lowest BCUT2D eigenvalue weighted by Crippen LogP contribution is -2.25. The maximum absolute atomic E-state index is 14.1. The Kier molecular flexibility index (Phi) is 8.39. The van der Waals surface area contributed by atoms with Crippen LogP contribution < -0.4 is 19.8 Å². The van der Waals surface area contributed by atoms with Gasteiger partial charge in [-0.05, 0) is 53.6 Å². The molecule has 9 nitrogen and oxygen atoms in total. The zero-order valence-corrected chi connectivity index (χ0v) is 26.0. The summed E-state index contributed by atoms with van der Waals surface area (Å²) >= 11 is 0. The average Bonchev–Trinajstić information content (AvgIpc) is 3.46. The van der Waals surface area contributed by atoms with E-state index >= 15 is 0 Å². The normalized spacial score (nSPS) is 11.8. The molecule has 234 valence electrons. The van der Waals surface area contributed by atoms with Crippen molar-refractivity contribution >= 4 is 27.8 Å². The lowest BCUT2D eigenvalue weighted by atomic mass is 9.85. The van der Waals surface area contributed by atoms with Crippen molar-refractivity contribution in [3.05, 3.63) is 129 Å². The molecule has 0 aliphatic rings. The number of esters is 1. The van der Waals surface area contributed by atoms with Gasteiger partial charge in [0.05, 0.1) is 44.9 Å². The zero-order valence-electron chi connectivity index (χ0n) is 26.0. The van der Waals surface area contributed by atoms with Crippen LogP contribution in [-0.2, 0) is 18.2 Å². The van der Waals surface area contributed by atoms with Crippen molar-refractivity contribution < 1.29 is 28.8 Å². The molecule has 6 aromatic rings. The summed E-state index contributed by atoms with van der Waals surface area (Å²) in [5.41, 5.74) is 4.03. The number of hydrogen-bond acceptors (Lipinski definition) is 7. The molecule has 2 N–H and O–H groups in total. The smallest absolute Gasteiger partial charge is 0.341 e. The number of para-hydroxylation sites is 2. The second kappa shape index (κ2) is 12.7. The van der Waals surface area contributed by atoms with Crippen LogP contribution in [0.3, 0.4) is 0 Å². The maximum atomic E-state index is 14.1. The number of fused-ring (bicyclic) bond motifs is 2. The Labute approximate surface area is 265 Å². The number of rotatable bonds is 10. The molecule has 0 bridgehead atoms. The molecule has 0 aliphatic carbocycles. The third-order valence-corrected chi connectivity index (χ3v) is 8.40. The van der Waals surface area contributed by atoms with Crippen molar-refractivity contribution in [2.75, 3.05) is 27.9 Å². The molecule has 0 saturated carbocycles. The molecule has 1 unspecified atom stereocenters. The van der Waals surface area contributed by atoms with Crippen LogP contribution in [0.1, 0.15) is 38.7 Å². The predicted molar refractivity (Wildman–Crippen MR) is 177 cm³/mol. The number of aryl methyl sites for hydroxylation is 1. The monoisotopic (exact) mass is 618 g/mol. The molecule has 0 saturated heterocycles. The summed E-state index contributed by atoms with van der Waals surface area (Å²) in [6.45, 7) is 0.0555. The number of pyridine rings is 1. The van der Waals surface area contributed by atoms with Gasteiger partial charge in [-0.25, -0.2) is 4.79 Å². The molecule has 6 rings (SSSR count). The summed E-state index contributed by atoms with van der Waals surface area (Å²) in [4.78, 5) is 30.8. The van der Waals surface area contributed by atoms with Gasteiger partial charge in [0, 0.05) is 41.5 Å². The second-order valence-corrected chi connectivity index (χ2v) is 10.9. The minimum absolute atomic E-state index is 0.0555. The number of aromatic nitrogens is 2. The average molecular weight is 619 g/mol. The van der Waals surface area contributed by atoms with Crippen molar-refractivity contribution in [1.82, 2.24) is 9.55 Å². The lowest BCUT2D eigenvalue weighted by molar-refractivity contribution is 0.0505. The number of aromatic hydroxyl groups is 1. The van der Waals surface area contributed by atoms with E-state index in [2.05, 4.69) is 4.98 Å². The second-order valence-electron chi connectivity index (χ2n) is 10.9. The highest BCUT2D eigenvalue weighted by Gasteiger charge is 2.30. The first-order chi connectivity index (χ1) is 22.4. The molecule has 46 heavy (non-hydrogen) atoms. The van der Waals surface area contributed by atoms with Crippen molar-refractivity contribution in [3.63, 3.8) is 0 Å². The van der Waals surface area contributed by atoms with Crippen LogP contribution >= 0.6 is 0 Å². The van der Waals surface area contributed by atoms with Crippen LogP contribution in [0.25, 0.3) is 21.8 Å². The molecule has 9 heteroatoms. The van der Waals surface area contributed by atoms with Gasteiger partial charge in [0.1, 0.15) is 28.6 Å². The van der Waals surface area contributed by atoms with Crippen LogP contribution in [0.5, 0.6) is 23.0 Å². The Morgan fingerprint density at radius 2 is 1.52 bits per heavy atom. The van der Waals surface area contributed by atoms with E-state index in [1.165, 1.54) is 14.2 Å². The third kappa shape index (κ3) is 5.40. The van der Waals surface area contributed by atoms with Gasteiger partial charge in [-0.15, -0.1) is 0 Å². The van der Waals surface area contributed by atoms with E-state index in [1.807, 2.05) is 66.7 Å². The Morgan fingerprint density at radius 1 is 0.848 bits per heavy atom. The van der Waals surface area contributed by atoms with Crippen LogP contribution in [-0.4, -0.2) is 48.6 Å². The highest BCUT2D eigenvalue weighted by Crippen LogP contribution is 2.41. The Bertz CT molecular complexity index is 2110. The highest BCUT2D eigenvalue weighted by atomic mass is 16.5. The number of ether oxygens (including phenoxy) is 4. The molecule has 1 atom stereocenters. The van der Waals surface area contributed by atoms with E-state index in [9.17, 15) is 14.7 Å². The Hall–Kier alpha value is -5.70. The molecule has 4 aromatic carbocycles. The van der Waals surface area contributed by atoms with Crippen molar-refractivity contribution in [2.45, 2.75) is 12.3 Å². The summed E-state index contributed by atoms with van der Waals surface area (Å²) in [5, 5.41) is 13.2. The van der Waals surface area contributed by atoms with Crippen LogP contribution in [0.4, 0.5) is 0 Å². The molecule has 2 heterocycles. The molecule has 0 aliphatic heterocycles. The third-order valence-electron chi connectivity index (χ3n) is 8.40. The fourth-order valence-corrected chi connectivity index (χ4v) is 6.06. The standard InChI is InChI=1S/C37H34N2O7/c1-39-30-12-8-6-10-27(30)35(40)33(36(39)41)32(22-13-15-23(43-2)16-14-22)34-26(25-9-5-7-11-29(25)38-34)19-20-46-37(42)28-18-17-24(44-3)21-31(28)45-4/h5-18,21,32,38,40H,19-20H2,1-4H3. The quantitative estimate of drug-likeness (QED) is 0.173. The summed E-state index contributed by atoms with van der Waals surface area (Å²) in [6.07, 6.45) is 0.338. The molecular formula is C37H34N2O7. The van der Waals surface area contributed by atoms with Gasteiger partial charge in [0.15, 0.2) is 0 Å². The maximum Gasteiger partial charge on any atom is 0.341 e. The number of hydrogen-bond donors (Lipinski definition) is 2. The molecule has 0 amide bonds. The zero-order chi connectivity index (χ0) is 32.4. The van der Waals surface area contributed by atoms with Crippen molar-refractivity contribution in [1.29, 1.82) is 0 Å². The van der Waals surface area contributed by atoms with Gasteiger partial charge in [0.25, 0.3) is 5.56 Å². The molecule has 0 radical (unpaired) electrons. The lowest BCUT2D eigenvalue weighted by Gasteiger charge is -2.22. The van der Waals surface area contributed by atoms with E-state index in [4.69, 9.17) is 18.9 Å². The number of carbonyl (C=O) groups is 1. The van der Waals surface area contributed by atoms with E-state index < -0.39 is 11.9 Å². The van der Waals surface area contributed by atoms with Gasteiger partial charge in [-0.1, -0.05) is 42.5 Å². The highest BCUT2D eigenvalue weighted by molar-refractivity contribution is 5.93. The van der Waals surface area contributed by atoms with Crippen LogP contribution in [0, 0.1) is 0 Å². The number of nitrogens with one attached hydrogen (secondary N) is 1. The van der Waals surface area contributed by atoms with Gasteiger partial charge in [0.2, 0.25) is 0 Å². The van der Waals surface area contributed by atoms with Gasteiger partial charge in [-0.2, -0.15) is 0 Å². The Morgan fingerprint density at radius 3 is 2.24 bits per heavy atom. The number of methoxy groups -OCH3 is 3. The molecule has 0 spiro atoms.